The molecule has 0 heterocycles. The van der Waals surface area contributed by atoms with Crippen molar-refractivity contribution >= 4 is 97.9 Å². The van der Waals surface area contributed by atoms with Gasteiger partial charge in [-0.15, -0.1) is 0 Å². The Kier molecular flexibility index (Phi) is 19.0. The molecule has 2 N–H and O–H groups in total. The number of anilines is 2. The molecule has 11 nitrogen and oxygen atoms in total. The highest BCUT2D eigenvalue weighted by atomic mass is 79.9. The van der Waals surface area contributed by atoms with E-state index >= 15 is 0 Å². The average molecular weight is 946 g/mol. The van der Waals surface area contributed by atoms with E-state index in [1.54, 1.807) is 0 Å². The molecule has 0 aliphatic carbocycles. The summed E-state index contributed by atoms with van der Waals surface area (Å²) in [7, 11) is -11.3. The molecule has 3 aromatic carbocycles. The topological polar surface area (TPSA) is 156 Å². The molecule has 0 aliphatic rings. The molecule has 0 aliphatic heterocycles. The maximum absolute atomic E-state index is 14.0. The SMILES string of the molecule is CCCCCCCCN(CCCCCCCC)S(=O)(=O)c1cc(Cl)c(NS(=O)(=O)c2ccc(Cl)c(NC(=O)C(Br)S(=O)(=O)c3ccc(OC)cc3)c2)cc1Cl. The van der Waals surface area contributed by atoms with E-state index in [9.17, 15) is 30.0 Å². The van der Waals surface area contributed by atoms with Crippen LogP contribution in [0.1, 0.15) is 90.9 Å². The van der Waals surface area contributed by atoms with Crippen LogP contribution in [0.15, 0.2) is 69.3 Å². The smallest absolute Gasteiger partial charge is 0.262 e. The highest BCUT2D eigenvalue weighted by Crippen LogP contribution is 2.36. The number of nitrogens with zero attached hydrogens (tertiary/aromatic N) is 1. The van der Waals surface area contributed by atoms with Crippen LogP contribution in [0, 0.1) is 0 Å². The number of hydrogen-bond donors (Lipinski definition) is 2. The number of hydrogen-bond acceptors (Lipinski definition) is 8. The molecule has 0 saturated heterocycles. The van der Waals surface area contributed by atoms with Gasteiger partial charge in [-0.2, -0.15) is 4.31 Å². The Hall–Kier alpha value is -2.11. The Morgan fingerprint density at radius 2 is 1.22 bits per heavy atom. The average Bonchev–Trinajstić information content (AvgIpc) is 3.14. The van der Waals surface area contributed by atoms with Gasteiger partial charge in [0.05, 0.1) is 43.3 Å². The fourth-order valence-corrected chi connectivity index (χ4v) is 11.1. The van der Waals surface area contributed by atoms with E-state index in [0.29, 0.717) is 31.7 Å². The first kappa shape index (κ1) is 47.3. The standard InChI is InChI=1S/C37H49BrCl3N3O8S3/c1-4-6-8-10-12-14-22-44(23-15-13-11-9-7-5-2)55(50,51)35-26-31(40)34(25-32(35)41)43-54(48,49)29-20-21-30(39)33(24-29)42-37(45)36(38)53(46,47)28-18-16-27(52-3)17-19-28/h16-21,24-26,36,43H,4-15,22-23H2,1-3H3,(H,42,45). The summed E-state index contributed by atoms with van der Waals surface area (Å²) >= 11 is 22.3. The molecule has 0 saturated carbocycles. The quantitative estimate of drug-likeness (QED) is 0.0664. The zero-order chi connectivity index (χ0) is 40.8. The second kappa shape index (κ2) is 22.2. The number of amides is 1. The van der Waals surface area contributed by atoms with Crippen LogP contribution in [0.5, 0.6) is 5.75 Å². The highest BCUT2D eigenvalue weighted by Gasteiger charge is 2.33. The third-order valence-corrected chi connectivity index (χ3v) is 16.7. The number of methoxy groups -OCH3 is 1. The van der Waals surface area contributed by atoms with Crippen molar-refractivity contribution < 1.29 is 34.8 Å². The van der Waals surface area contributed by atoms with E-state index in [1.165, 1.54) is 41.7 Å². The molecule has 3 aromatic rings. The normalized spacial score (nSPS) is 12.8. The van der Waals surface area contributed by atoms with Crippen LogP contribution in [0.3, 0.4) is 0 Å². The first-order valence-corrected chi connectivity index (χ1v) is 24.7. The van der Waals surface area contributed by atoms with Crippen LogP contribution in [0.25, 0.3) is 0 Å². The minimum Gasteiger partial charge on any atom is -0.497 e. The molecule has 55 heavy (non-hydrogen) atoms. The van der Waals surface area contributed by atoms with Crippen molar-refractivity contribution in [3.05, 3.63) is 69.7 Å². The Morgan fingerprint density at radius 3 is 1.76 bits per heavy atom. The lowest BCUT2D eigenvalue weighted by Crippen LogP contribution is -2.33. The number of benzene rings is 3. The van der Waals surface area contributed by atoms with E-state index in [1.807, 2.05) is 0 Å². The predicted octanol–water partition coefficient (Wildman–Crippen LogP) is 10.3. The Labute approximate surface area is 350 Å². The van der Waals surface area contributed by atoms with Crippen molar-refractivity contribution in [2.45, 2.75) is 110 Å². The summed E-state index contributed by atoms with van der Waals surface area (Å²) < 4.78 is 88.3. The molecule has 0 bridgehead atoms. The van der Waals surface area contributed by atoms with Crippen LogP contribution < -0.4 is 14.8 Å². The zero-order valence-electron chi connectivity index (χ0n) is 31.1. The fraction of sp³-hybridized carbons (Fsp3) is 0.486. The number of rotatable bonds is 24. The number of carbonyl (C=O) groups excluding carboxylic acids is 1. The summed E-state index contributed by atoms with van der Waals surface area (Å²) in [5, 5.41) is 1.86. The van der Waals surface area contributed by atoms with Crippen LogP contribution in [-0.2, 0) is 34.7 Å². The Morgan fingerprint density at radius 1 is 0.691 bits per heavy atom. The monoisotopic (exact) mass is 943 g/mol. The first-order chi connectivity index (χ1) is 26.0. The summed E-state index contributed by atoms with van der Waals surface area (Å²) in [4.78, 5) is 12.3. The number of alkyl halides is 1. The van der Waals surface area contributed by atoms with Crippen molar-refractivity contribution in [3.63, 3.8) is 0 Å². The first-order valence-electron chi connectivity index (χ1n) is 18.1. The number of sulfonamides is 2. The number of halogens is 4. The van der Waals surface area contributed by atoms with E-state index in [-0.39, 0.29) is 41.1 Å². The minimum atomic E-state index is -4.44. The number of unbranched alkanes of at least 4 members (excludes halogenated alkanes) is 10. The molecular formula is C37H49BrCl3N3O8S3. The number of sulfone groups is 1. The summed E-state index contributed by atoms with van der Waals surface area (Å²) in [6, 6.07) is 11.1. The molecule has 1 unspecified atom stereocenters. The van der Waals surface area contributed by atoms with Crippen LogP contribution in [-0.4, -0.2) is 59.8 Å². The summed E-state index contributed by atoms with van der Waals surface area (Å²) in [6.07, 6.45) is 11.9. The lowest BCUT2D eigenvalue weighted by molar-refractivity contribution is -0.114. The maximum Gasteiger partial charge on any atom is 0.262 e. The number of ether oxygens (including phenoxy) is 1. The Bertz CT molecular complexity index is 2060. The summed E-state index contributed by atoms with van der Waals surface area (Å²) in [5.74, 6) is -0.615. The molecule has 0 spiro atoms. The van der Waals surface area contributed by atoms with Crippen LogP contribution in [0.2, 0.25) is 15.1 Å². The number of carbonyl (C=O) groups is 1. The van der Waals surface area contributed by atoms with Crippen molar-refractivity contribution in [3.8, 4) is 5.75 Å². The molecule has 1 atom stereocenters. The lowest BCUT2D eigenvalue weighted by atomic mass is 10.1. The van der Waals surface area contributed by atoms with Crippen LogP contribution in [0.4, 0.5) is 11.4 Å². The third-order valence-electron chi connectivity index (χ3n) is 8.78. The Balaban J connectivity index is 1.81. The highest BCUT2D eigenvalue weighted by molar-refractivity contribution is 9.11. The van der Waals surface area contributed by atoms with Crippen molar-refractivity contribution in [1.82, 2.24) is 4.31 Å². The van der Waals surface area contributed by atoms with Gasteiger partial charge in [0, 0.05) is 13.1 Å². The van der Waals surface area contributed by atoms with Gasteiger partial charge >= 0.3 is 0 Å². The molecule has 1 amide bonds. The molecule has 306 valence electrons. The summed E-state index contributed by atoms with van der Waals surface area (Å²) in [5.41, 5.74) is -0.374. The predicted molar refractivity (Wildman–Crippen MR) is 226 cm³/mol. The van der Waals surface area contributed by atoms with Gasteiger partial charge in [0.25, 0.3) is 15.9 Å². The maximum atomic E-state index is 14.0. The fourth-order valence-electron chi connectivity index (χ4n) is 5.62. The molecule has 3 rings (SSSR count). The molecule has 0 fully saturated rings. The van der Waals surface area contributed by atoms with E-state index in [2.05, 4.69) is 39.8 Å². The van der Waals surface area contributed by atoms with E-state index in [0.717, 1.165) is 88.5 Å². The van der Waals surface area contributed by atoms with Gasteiger partial charge in [-0.25, -0.2) is 25.3 Å². The van der Waals surface area contributed by atoms with Gasteiger partial charge in [0.1, 0.15) is 10.6 Å². The van der Waals surface area contributed by atoms with Gasteiger partial charge in [0.15, 0.2) is 14.0 Å². The summed E-state index contributed by atoms with van der Waals surface area (Å²) in [6.45, 7) is 4.92. The second-order valence-corrected chi connectivity index (χ2v) is 21.3. The molecular weight excluding hydrogens is 897 g/mol. The molecule has 0 aromatic heterocycles. The van der Waals surface area contributed by atoms with Gasteiger partial charge in [0.2, 0.25) is 10.0 Å². The number of nitrogens with one attached hydrogen (secondary N) is 2. The third kappa shape index (κ3) is 13.5. The second-order valence-electron chi connectivity index (χ2n) is 13.0. The lowest BCUT2D eigenvalue weighted by Gasteiger charge is -2.23. The van der Waals surface area contributed by atoms with Gasteiger partial charge in [-0.05, 0) is 67.4 Å². The molecule has 0 radical (unpaired) electrons. The minimum absolute atomic E-state index is 0.0732. The van der Waals surface area contributed by atoms with E-state index < -0.39 is 40.0 Å². The van der Waals surface area contributed by atoms with Crippen molar-refractivity contribution in [1.29, 1.82) is 0 Å². The van der Waals surface area contributed by atoms with Gasteiger partial charge in [-0.1, -0.05) is 129 Å². The zero-order valence-corrected chi connectivity index (χ0v) is 37.4. The van der Waals surface area contributed by atoms with Gasteiger partial charge < -0.3 is 10.1 Å². The molecule has 18 heteroatoms. The van der Waals surface area contributed by atoms with Crippen molar-refractivity contribution in [2.75, 3.05) is 30.2 Å². The van der Waals surface area contributed by atoms with E-state index in [4.69, 9.17) is 39.5 Å². The van der Waals surface area contributed by atoms with Gasteiger partial charge in [-0.3, -0.25) is 9.52 Å². The van der Waals surface area contributed by atoms with Crippen molar-refractivity contribution in [2.24, 2.45) is 0 Å². The van der Waals surface area contributed by atoms with Crippen LogP contribution >= 0.6 is 50.7 Å². The largest absolute Gasteiger partial charge is 0.497 e.